The fourth-order valence-electron chi connectivity index (χ4n) is 2.02. The van der Waals surface area contributed by atoms with E-state index in [1.54, 1.807) is 6.08 Å². The molecule has 0 amide bonds. The van der Waals surface area contributed by atoms with Crippen molar-refractivity contribution in [3.05, 3.63) is 18.4 Å². The minimum atomic E-state index is -0.803. The molecule has 1 saturated heterocycles. The molecular formula is C9H19BO3P6. The molecule has 10 heteroatoms. The predicted molar refractivity (Wildman–Crippen MR) is 99.8 cm³/mol. The first-order chi connectivity index (χ1) is 9.05. The molecular weight excluding hydrogens is 353 g/mol. The Labute approximate surface area is 128 Å². The van der Waals surface area contributed by atoms with Crippen LogP contribution in [0, 0.1) is 0 Å². The van der Waals surface area contributed by atoms with Crippen LogP contribution in [0.15, 0.2) is 18.4 Å². The predicted octanol–water partition coefficient (Wildman–Crippen LogP) is 3.73. The van der Waals surface area contributed by atoms with E-state index in [-0.39, 0.29) is 20.7 Å². The van der Waals surface area contributed by atoms with Gasteiger partial charge < -0.3 is 13.8 Å². The second-order valence-electron chi connectivity index (χ2n) is 3.91. The lowest BCUT2D eigenvalue weighted by molar-refractivity contribution is 0.0369. The lowest BCUT2D eigenvalue weighted by Crippen LogP contribution is -2.48. The minimum absolute atomic E-state index is 0.0751. The van der Waals surface area contributed by atoms with Gasteiger partial charge in [0.15, 0.2) is 0 Å². The van der Waals surface area contributed by atoms with Crippen LogP contribution < -0.4 is 0 Å². The van der Waals surface area contributed by atoms with Crippen molar-refractivity contribution in [3.8, 4) is 0 Å². The van der Waals surface area contributed by atoms with E-state index in [0.29, 0.717) is 7.96 Å². The van der Waals surface area contributed by atoms with E-state index in [0.717, 1.165) is 6.42 Å². The molecule has 0 aromatic carbocycles. The third-order valence-corrected chi connectivity index (χ3v) is 12.1. The van der Waals surface area contributed by atoms with E-state index in [9.17, 15) is 0 Å². The summed E-state index contributed by atoms with van der Waals surface area (Å²) >= 11 is 0. The summed E-state index contributed by atoms with van der Waals surface area (Å²) in [4.78, 5) is 0. The van der Waals surface area contributed by atoms with Crippen LogP contribution in [0.3, 0.4) is 0 Å². The van der Waals surface area contributed by atoms with Crippen LogP contribution in [0.1, 0.15) is 13.3 Å². The van der Waals surface area contributed by atoms with Gasteiger partial charge in [-0.2, -0.15) is 0 Å². The molecule has 0 aromatic rings. The van der Waals surface area contributed by atoms with Crippen molar-refractivity contribution in [1.82, 2.24) is 0 Å². The molecule has 19 heavy (non-hydrogen) atoms. The van der Waals surface area contributed by atoms with E-state index in [1.165, 1.54) is 0 Å². The second kappa shape index (κ2) is 9.24. The molecule has 0 N–H and O–H groups in total. The number of hydrogen-bond acceptors (Lipinski definition) is 3. The first-order valence-electron chi connectivity index (χ1n) is 5.65. The van der Waals surface area contributed by atoms with Gasteiger partial charge in [0.25, 0.3) is 0 Å². The van der Waals surface area contributed by atoms with Crippen molar-refractivity contribution in [1.29, 1.82) is 0 Å². The average Bonchev–Trinajstić information content (AvgIpc) is 2.64. The summed E-state index contributed by atoms with van der Waals surface area (Å²) in [5.74, 6) is 0. The maximum Gasteiger partial charge on any atom is 0.145 e. The highest BCUT2D eigenvalue weighted by Crippen LogP contribution is 2.69. The molecule has 0 saturated carbocycles. The largest absolute Gasteiger partial charge is 0.379 e. The summed E-state index contributed by atoms with van der Waals surface area (Å²) in [6.45, 7) is 5.70. The Morgan fingerprint density at radius 2 is 2.32 bits per heavy atom. The maximum absolute atomic E-state index is 6.18. The Morgan fingerprint density at radius 1 is 1.63 bits per heavy atom. The molecule has 0 bridgehead atoms. The molecule has 7 unspecified atom stereocenters. The maximum atomic E-state index is 6.18. The van der Waals surface area contributed by atoms with Gasteiger partial charge in [0, 0.05) is 8.50 Å². The Hall–Kier alpha value is 2.04. The standard InChI is InChI=1S/C9H19BO3P6/c1-3-5-9(13-19(16)18-15)7(12-17-14)6(4-2)11-8(9)10/h5-8,17-18H,1,4,14-16H2,2H3/t6-,7+,8-,9?,19?/m1/s1. The first kappa shape index (κ1) is 19.1. The van der Waals surface area contributed by atoms with Gasteiger partial charge >= 0.3 is 0 Å². The molecule has 1 rings (SSSR count). The molecule has 1 heterocycles. The number of rotatable bonds is 7. The molecule has 1 fully saturated rings. The quantitative estimate of drug-likeness (QED) is 0.388. The summed E-state index contributed by atoms with van der Waals surface area (Å²) in [5, 5.41) is 0. The van der Waals surface area contributed by atoms with Crippen LogP contribution in [-0.2, 0) is 13.8 Å². The minimum Gasteiger partial charge on any atom is -0.379 e. The van der Waals surface area contributed by atoms with Gasteiger partial charge in [-0.15, -0.1) is 14.7 Å². The SMILES string of the molecule is [B][C@@H]1O[C@H](CC)[C@H](OPP)C1(C=C=C)OP(P)PP. The third kappa shape index (κ3) is 4.51. The van der Waals surface area contributed by atoms with E-state index in [4.69, 9.17) is 21.6 Å². The molecule has 0 aliphatic carbocycles. The van der Waals surface area contributed by atoms with Crippen LogP contribution in [0.25, 0.3) is 0 Å². The van der Waals surface area contributed by atoms with Gasteiger partial charge in [0.05, 0.1) is 19.6 Å². The zero-order valence-electron chi connectivity index (χ0n) is 10.7. The summed E-state index contributed by atoms with van der Waals surface area (Å²) < 4.78 is 17.8. The normalized spacial score (nSPS) is 37.2. The number of hydrogen-bond donors (Lipinski definition) is 0. The van der Waals surface area contributed by atoms with E-state index in [1.807, 2.05) is 6.92 Å². The van der Waals surface area contributed by atoms with Crippen molar-refractivity contribution >= 4 is 58.6 Å². The zero-order chi connectivity index (χ0) is 14.5. The summed E-state index contributed by atoms with van der Waals surface area (Å²) in [7, 11) is 14.4. The van der Waals surface area contributed by atoms with Crippen LogP contribution in [0.4, 0.5) is 0 Å². The summed E-state index contributed by atoms with van der Waals surface area (Å²) in [6.07, 6.45) is 2.27. The van der Waals surface area contributed by atoms with Crippen LogP contribution in [-0.4, -0.2) is 31.7 Å². The third-order valence-electron chi connectivity index (χ3n) is 2.86. The van der Waals surface area contributed by atoms with Crippen molar-refractivity contribution in [2.45, 2.75) is 37.2 Å². The van der Waals surface area contributed by atoms with Gasteiger partial charge in [0.1, 0.15) is 19.6 Å². The smallest absolute Gasteiger partial charge is 0.145 e. The van der Waals surface area contributed by atoms with E-state index >= 15 is 0 Å². The highest BCUT2D eigenvalue weighted by atomic mass is 32.6. The number of ether oxygens (including phenoxy) is 1. The van der Waals surface area contributed by atoms with Gasteiger partial charge in [-0.05, 0) is 20.5 Å². The van der Waals surface area contributed by atoms with Crippen LogP contribution in [0.5, 0.6) is 0 Å². The zero-order valence-corrected chi connectivity index (χ0v) is 17.1. The Kier molecular flexibility index (Phi) is 9.29. The van der Waals surface area contributed by atoms with Gasteiger partial charge in [-0.25, -0.2) is 0 Å². The van der Waals surface area contributed by atoms with Crippen LogP contribution >= 0.6 is 50.8 Å². The average molecular weight is 372 g/mol. The second-order valence-corrected chi connectivity index (χ2v) is 13.6. The molecule has 2 radical (unpaired) electrons. The van der Waals surface area contributed by atoms with E-state index in [2.05, 4.69) is 39.1 Å². The van der Waals surface area contributed by atoms with E-state index < -0.39 is 19.1 Å². The van der Waals surface area contributed by atoms with Crippen molar-refractivity contribution in [3.63, 3.8) is 0 Å². The lowest BCUT2D eigenvalue weighted by Gasteiger charge is -2.36. The van der Waals surface area contributed by atoms with Crippen molar-refractivity contribution in [2.24, 2.45) is 0 Å². The molecule has 0 spiro atoms. The molecule has 0 aromatic heterocycles. The van der Waals surface area contributed by atoms with Gasteiger partial charge in [-0.3, -0.25) is 0 Å². The fourth-order valence-corrected chi connectivity index (χ4v) is 5.25. The fraction of sp³-hybridized carbons (Fsp3) is 0.667. The van der Waals surface area contributed by atoms with Gasteiger partial charge in [0.2, 0.25) is 0 Å². The molecule has 10 atom stereocenters. The van der Waals surface area contributed by atoms with Crippen molar-refractivity contribution in [2.75, 3.05) is 0 Å². The summed E-state index contributed by atoms with van der Waals surface area (Å²) in [5.41, 5.74) is 1.99. The monoisotopic (exact) mass is 372 g/mol. The van der Waals surface area contributed by atoms with Gasteiger partial charge in [-0.1, -0.05) is 31.4 Å². The Balaban J connectivity index is 3.11. The van der Waals surface area contributed by atoms with Crippen LogP contribution in [0.2, 0.25) is 0 Å². The van der Waals surface area contributed by atoms with Crippen molar-refractivity contribution < 1.29 is 13.8 Å². The topological polar surface area (TPSA) is 27.7 Å². The highest BCUT2D eigenvalue weighted by molar-refractivity contribution is 8.59. The molecule has 1 aliphatic rings. The molecule has 1 aliphatic heterocycles. The molecule has 106 valence electrons. The lowest BCUT2D eigenvalue weighted by atomic mass is 9.80. The molecule has 3 nitrogen and oxygen atoms in total. The highest BCUT2D eigenvalue weighted by Gasteiger charge is 2.55. The first-order valence-corrected chi connectivity index (χ1v) is 14.9. The summed E-state index contributed by atoms with van der Waals surface area (Å²) in [6, 6.07) is -0.565. The Bertz CT molecular complexity index is 342. The Morgan fingerprint density at radius 3 is 2.79 bits per heavy atom.